The van der Waals surface area contributed by atoms with E-state index < -0.39 is 5.92 Å². The minimum atomic E-state index is -0.551. The second-order valence-corrected chi connectivity index (χ2v) is 10.9. The number of thiophene rings is 1. The number of para-hydroxylation sites is 2. The van der Waals surface area contributed by atoms with E-state index in [0.717, 1.165) is 45.8 Å². The summed E-state index contributed by atoms with van der Waals surface area (Å²) in [5.74, 6) is 0.0942. The fourth-order valence-corrected chi connectivity index (χ4v) is 5.81. The van der Waals surface area contributed by atoms with Crippen LogP contribution >= 0.6 is 34.5 Å². The number of imidazole rings is 1. The van der Waals surface area contributed by atoms with Crippen molar-refractivity contribution in [2.75, 3.05) is 5.32 Å². The van der Waals surface area contributed by atoms with Gasteiger partial charge in [-0.2, -0.15) is 5.26 Å². The van der Waals surface area contributed by atoms with Crippen molar-refractivity contribution in [3.63, 3.8) is 0 Å². The predicted octanol–water partition coefficient (Wildman–Crippen LogP) is 8.70. The quantitative estimate of drug-likeness (QED) is 0.217. The molecule has 2 aromatic heterocycles. The van der Waals surface area contributed by atoms with E-state index in [1.54, 1.807) is 18.2 Å². The molecule has 38 heavy (non-hydrogen) atoms. The summed E-state index contributed by atoms with van der Waals surface area (Å²) in [5.41, 5.74) is 4.92. The van der Waals surface area contributed by atoms with Gasteiger partial charge in [0.05, 0.1) is 32.8 Å². The van der Waals surface area contributed by atoms with Crippen molar-refractivity contribution in [1.82, 2.24) is 9.55 Å². The number of amides is 1. The van der Waals surface area contributed by atoms with Gasteiger partial charge in [0, 0.05) is 22.3 Å². The zero-order chi connectivity index (χ0) is 26.8. The Morgan fingerprint density at radius 2 is 1.87 bits per heavy atom. The Morgan fingerprint density at radius 1 is 1.11 bits per heavy atom. The molecule has 5 aromatic rings. The average molecular weight is 560 g/mol. The molecule has 3 aromatic carbocycles. The maximum atomic E-state index is 13.2. The van der Waals surface area contributed by atoms with Crippen molar-refractivity contribution < 1.29 is 4.79 Å². The maximum absolute atomic E-state index is 13.2. The lowest BCUT2D eigenvalue weighted by Crippen LogP contribution is -2.12. The Kier molecular flexibility index (Phi) is 7.53. The molecular formula is C30H24Cl2N4OS. The number of carbonyl (C=O) groups is 1. The Morgan fingerprint density at radius 3 is 2.61 bits per heavy atom. The van der Waals surface area contributed by atoms with Crippen molar-refractivity contribution >= 4 is 57.2 Å². The number of fused-ring (bicyclic) bond motifs is 1. The van der Waals surface area contributed by atoms with Gasteiger partial charge in [-0.1, -0.05) is 60.5 Å². The van der Waals surface area contributed by atoms with Crippen LogP contribution in [0.3, 0.4) is 0 Å². The molecule has 5 rings (SSSR count). The van der Waals surface area contributed by atoms with Crippen LogP contribution in [0.15, 0.2) is 72.8 Å². The van der Waals surface area contributed by atoms with Gasteiger partial charge < -0.3 is 9.88 Å². The fraction of sp³-hybridized carbons (Fsp3) is 0.167. The van der Waals surface area contributed by atoms with Gasteiger partial charge in [-0.25, -0.2) is 4.98 Å². The minimum absolute atomic E-state index is 0.221. The third-order valence-corrected chi connectivity index (χ3v) is 8.05. The number of hydrogen-bond donors (Lipinski definition) is 1. The topological polar surface area (TPSA) is 70.7 Å². The molecule has 0 saturated heterocycles. The van der Waals surface area contributed by atoms with Crippen molar-refractivity contribution in [3.8, 4) is 16.8 Å². The standard InChI is InChI=1S/C30H24Cl2N4OS/c1-3-14-36-26-7-5-4-6-24(26)34-29(36)27-12-13-28(38-27)30(37)35-25-16-23(32)21(15-18(25)2)22(17-33)19-8-10-20(31)11-9-19/h4-13,15-16,22H,3,14H2,1-2H3,(H,35,37). The van der Waals surface area contributed by atoms with E-state index in [4.69, 9.17) is 28.2 Å². The van der Waals surface area contributed by atoms with E-state index in [-0.39, 0.29) is 5.91 Å². The summed E-state index contributed by atoms with van der Waals surface area (Å²) >= 11 is 14.0. The van der Waals surface area contributed by atoms with Gasteiger partial charge in [0.1, 0.15) is 0 Å². The summed E-state index contributed by atoms with van der Waals surface area (Å²) in [4.78, 5) is 19.5. The highest BCUT2D eigenvalue weighted by molar-refractivity contribution is 7.17. The molecule has 2 heterocycles. The number of carbonyl (C=O) groups excluding carboxylic acids is 1. The molecule has 190 valence electrons. The minimum Gasteiger partial charge on any atom is -0.323 e. The van der Waals surface area contributed by atoms with Crippen LogP contribution in [0, 0.1) is 18.3 Å². The van der Waals surface area contributed by atoms with E-state index in [2.05, 4.69) is 28.9 Å². The molecular weight excluding hydrogens is 535 g/mol. The van der Waals surface area contributed by atoms with Gasteiger partial charge in [-0.3, -0.25) is 4.79 Å². The third kappa shape index (κ3) is 5.06. The predicted molar refractivity (Wildman–Crippen MR) is 156 cm³/mol. The second kappa shape index (κ2) is 11.0. The van der Waals surface area contributed by atoms with Crippen molar-refractivity contribution in [1.29, 1.82) is 5.26 Å². The van der Waals surface area contributed by atoms with Crippen molar-refractivity contribution in [2.24, 2.45) is 0 Å². The zero-order valence-corrected chi connectivity index (χ0v) is 23.2. The lowest BCUT2D eigenvalue weighted by Gasteiger charge is -2.16. The molecule has 1 N–H and O–H groups in total. The maximum Gasteiger partial charge on any atom is 0.265 e. The van der Waals surface area contributed by atoms with E-state index in [0.29, 0.717) is 26.2 Å². The lowest BCUT2D eigenvalue weighted by atomic mass is 9.91. The smallest absolute Gasteiger partial charge is 0.265 e. The molecule has 0 aliphatic rings. The number of aryl methyl sites for hydroxylation is 2. The summed E-state index contributed by atoms with van der Waals surface area (Å²) in [6.07, 6.45) is 0.979. The van der Waals surface area contributed by atoms with Crippen LogP contribution in [0.5, 0.6) is 0 Å². The van der Waals surface area contributed by atoms with Gasteiger partial charge in [0.25, 0.3) is 5.91 Å². The molecule has 0 saturated carbocycles. The number of halogens is 2. The summed E-state index contributed by atoms with van der Waals surface area (Å²) in [6, 6.07) is 24.9. The van der Waals surface area contributed by atoms with Gasteiger partial charge in [0.15, 0.2) is 5.82 Å². The van der Waals surface area contributed by atoms with Crippen LogP contribution in [0.1, 0.15) is 45.6 Å². The van der Waals surface area contributed by atoms with Crippen molar-refractivity contribution in [3.05, 3.63) is 104 Å². The largest absolute Gasteiger partial charge is 0.323 e. The molecule has 1 amide bonds. The molecule has 1 atom stereocenters. The molecule has 8 heteroatoms. The lowest BCUT2D eigenvalue weighted by molar-refractivity contribution is 0.103. The monoisotopic (exact) mass is 558 g/mol. The number of nitriles is 1. The van der Waals surface area contributed by atoms with Crippen LogP contribution < -0.4 is 5.32 Å². The molecule has 0 aliphatic carbocycles. The molecule has 5 nitrogen and oxygen atoms in total. The number of nitrogens with zero attached hydrogens (tertiary/aromatic N) is 3. The highest BCUT2D eigenvalue weighted by Crippen LogP contribution is 2.35. The van der Waals surface area contributed by atoms with Crippen LogP contribution in [0.4, 0.5) is 5.69 Å². The zero-order valence-electron chi connectivity index (χ0n) is 20.8. The molecule has 0 spiro atoms. The van der Waals surface area contributed by atoms with E-state index in [9.17, 15) is 10.1 Å². The highest BCUT2D eigenvalue weighted by Gasteiger charge is 2.20. The van der Waals surface area contributed by atoms with E-state index in [1.165, 1.54) is 11.3 Å². The first-order valence-corrected chi connectivity index (χ1v) is 13.8. The average Bonchev–Trinajstić information content (AvgIpc) is 3.54. The van der Waals surface area contributed by atoms with Crippen molar-refractivity contribution in [2.45, 2.75) is 32.7 Å². The van der Waals surface area contributed by atoms with Gasteiger partial charge in [-0.15, -0.1) is 11.3 Å². The fourth-order valence-electron chi connectivity index (χ4n) is 4.52. The number of anilines is 1. The molecule has 0 fully saturated rings. The normalized spacial score (nSPS) is 11.9. The van der Waals surface area contributed by atoms with E-state index >= 15 is 0 Å². The van der Waals surface area contributed by atoms with Crippen LogP contribution in [0.2, 0.25) is 10.0 Å². The number of rotatable bonds is 7. The van der Waals surface area contributed by atoms with Gasteiger partial charge in [-0.05, 0) is 72.5 Å². The van der Waals surface area contributed by atoms with Crippen LogP contribution in [-0.2, 0) is 6.54 Å². The molecule has 0 radical (unpaired) electrons. The summed E-state index contributed by atoms with van der Waals surface area (Å²) in [6.45, 7) is 4.87. The molecule has 1 unspecified atom stereocenters. The number of aromatic nitrogens is 2. The Hall–Kier alpha value is -3.63. The van der Waals surface area contributed by atoms with Crippen LogP contribution in [0.25, 0.3) is 21.7 Å². The summed E-state index contributed by atoms with van der Waals surface area (Å²) in [7, 11) is 0. The third-order valence-electron chi connectivity index (χ3n) is 6.39. The Balaban J connectivity index is 1.40. The van der Waals surface area contributed by atoms with E-state index in [1.807, 2.05) is 55.5 Å². The number of nitrogens with one attached hydrogen (secondary N) is 1. The SMILES string of the molecule is CCCn1c(-c2ccc(C(=O)Nc3cc(Cl)c(C(C#N)c4ccc(Cl)cc4)cc3C)s2)nc2ccccc21. The Bertz CT molecular complexity index is 1680. The number of hydrogen-bond acceptors (Lipinski definition) is 4. The van der Waals surface area contributed by atoms with Gasteiger partial charge >= 0.3 is 0 Å². The first-order valence-electron chi connectivity index (χ1n) is 12.2. The van der Waals surface area contributed by atoms with Gasteiger partial charge in [0.2, 0.25) is 0 Å². The first-order chi connectivity index (χ1) is 18.4. The molecule has 0 bridgehead atoms. The van der Waals surface area contributed by atoms with Crippen LogP contribution in [-0.4, -0.2) is 15.5 Å². The second-order valence-electron chi connectivity index (χ2n) is 9.00. The highest BCUT2D eigenvalue weighted by atomic mass is 35.5. The first kappa shape index (κ1) is 26.0. The summed E-state index contributed by atoms with van der Waals surface area (Å²) < 4.78 is 2.21. The summed E-state index contributed by atoms with van der Waals surface area (Å²) in [5, 5.41) is 13.9. The molecule has 0 aliphatic heterocycles. The number of benzene rings is 3. The Labute approximate surface area is 235 Å².